The third-order valence-electron chi connectivity index (χ3n) is 7.58. The van der Waals surface area contributed by atoms with Gasteiger partial charge in [0.1, 0.15) is 5.75 Å². The summed E-state index contributed by atoms with van der Waals surface area (Å²) in [5.41, 5.74) is 8.46. The van der Waals surface area contributed by atoms with Crippen molar-refractivity contribution in [3.05, 3.63) is 147 Å². The van der Waals surface area contributed by atoms with E-state index in [9.17, 15) is 23.7 Å². The minimum absolute atomic E-state index is 0.116. The lowest BCUT2D eigenvalue weighted by atomic mass is 9.88. The van der Waals surface area contributed by atoms with Crippen molar-refractivity contribution in [1.29, 1.82) is 10.5 Å². The number of alkyl halides is 3. The summed E-state index contributed by atoms with van der Waals surface area (Å²) in [4.78, 5) is 7.07. The second-order valence-corrected chi connectivity index (χ2v) is 10.1. The number of nitriles is 2. The summed E-state index contributed by atoms with van der Waals surface area (Å²) in [6.45, 7) is 17.6. The lowest BCUT2D eigenvalue weighted by molar-refractivity contribution is -0.274. The Kier molecular flexibility index (Phi) is 6.63. The molecule has 4 aromatic rings. The number of rotatable bonds is 3. The highest BCUT2D eigenvalue weighted by Gasteiger charge is 2.39. The van der Waals surface area contributed by atoms with Crippen LogP contribution in [0.2, 0.25) is 0 Å². The summed E-state index contributed by atoms with van der Waals surface area (Å²) in [7, 11) is 0. The van der Waals surface area contributed by atoms with Crippen LogP contribution in [0, 0.1) is 42.7 Å². The molecule has 4 aromatic carbocycles. The molecule has 6 rings (SSSR count). The molecule has 0 saturated carbocycles. The van der Waals surface area contributed by atoms with E-state index in [2.05, 4.69) is 14.4 Å². The number of nitrogens with zero attached hydrogens (tertiary/aromatic N) is 4. The summed E-state index contributed by atoms with van der Waals surface area (Å²) in [5, 5.41) is 20.0. The van der Waals surface area contributed by atoms with Crippen LogP contribution in [-0.4, -0.2) is 6.36 Å². The van der Waals surface area contributed by atoms with E-state index in [0.717, 1.165) is 16.7 Å². The lowest BCUT2D eigenvalue weighted by Crippen LogP contribution is -2.16. The topological polar surface area (TPSA) is 65.5 Å². The van der Waals surface area contributed by atoms with Gasteiger partial charge in [-0.05, 0) is 86.8 Å². The molecule has 0 N–H and O–H groups in total. The SMILES string of the molecule is [C-]#[N+]/C(C#N)=C1C2=C(/C(=C(\C#N)[N+]#[C-])c3cc(-c4ccc(C)cc4)ccc32)c2ccc(-c3ccc(OC(F)(F)F)cc3)cc2\1. The van der Waals surface area contributed by atoms with E-state index in [1.54, 1.807) is 18.2 Å². The fourth-order valence-corrected chi connectivity index (χ4v) is 5.72. The third kappa shape index (κ3) is 4.58. The zero-order valence-corrected chi connectivity index (χ0v) is 22.9. The molecule has 2 aliphatic carbocycles. The van der Waals surface area contributed by atoms with Crippen molar-refractivity contribution in [3.8, 4) is 40.1 Å². The smallest absolute Gasteiger partial charge is 0.406 e. The van der Waals surface area contributed by atoms with Gasteiger partial charge in [0.05, 0.1) is 25.3 Å². The fraction of sp³-hybridized carbons (Fsp3) is 0.0556. The van der Waals surface area contributed by atoms with Gasteiger partial charge in [-0.3, -0.25) is 0 Å². The minimum atomic E-state index is -4.81. The Balaban J connectivity index is 1.55. The molecule has 0 amide bonds. The number of ether oxygens (including phenoxy) is 1. The van der Waals surface area contributed by atoms with E-state index in [1.165, 1.54) is 24.3 Å². The van der Waals surface area contributed by atoms with Gasteiger partial charge in [-0.1, -0.05) is 66.2 Å². The van der Waals surface area contributed by atoms with Gasteiger partial charge in [-0.25, -0.2) is 20.2 Å². The van der Waals surface area contributed by atoms with Crippen LogP contribution in [0.5, 0.6) is 5.75 Å². The maximum absolute atomic E-state index is 12.7. The number of fused-ring (bicyclic) bond motifs is 4. The third-order valence-corrected chi connectivity index (χ3v) is 7.58. The average molecular weight is 579 g/mol. The average Bonchev–Trinajstić information content (AvgIpc) is 3.51. The molecule has 0 bridgehead atoms. The first-order chi connectivity index (χ1) is 21.2. The summed E-state index contributed by atoms with van der Waals surface area (Å²) in [5.74, 6) is -0.358. The molecular formula is C36H17F3N4O. The molecule has 0 unspecified atom stereocenters. The number of hydrogen-bond acceptors (Lipinski definition) is 3. The van der Waals surface area contributed by atoms with Crippen LogP contribution in [0.3, 0.4) is 0 Å². The highest BCUT2D eigenvalue weighted by Crippen LogP contribution is 2.60. The summed E-state index contributed by atoms with van der Waals surface area (Å²) in [6, 6.07) is 28.5. The molecule has 0 aliphatic heterocycles. The number of hydrogen-bond donors (Lipinski definition) is 0. The first kappa shape index (κ1) is 27.8. The largest absolute Gasteiger partial charge is 0.573 e. The maximum Gasteiger partial charge on any atom is 0.573 e. The van der Waals surface area contributed by atoms with E-state index in [-0.39, 0.29) is 17.1 Å². The van der Waals surface area contributed by atoms with Crippen molar-refractivity contribution >= 4 is 22.3 Å². The molecule has 0 heterocycles. The van der Waals surface area contributed by atoms with Gasteiger partial charge in [0.25, 0.3) is 11.4 Å². The van der Waals surface area contributed by atoms with E-state index in [0.29, 0.717) is 55.7 Å². The van der Waals surface area contributed by atoms with E-state index in [1.807, 2.05) is 61.5 Å². The highest BCUT2D eigenvalue weighted by molar-refractivity contribution is 6.37. The monoisotopic (exact) mass is 578 g/mol. The van der Waals surface area contributed by atoms with E-state index < -0.39 is 6.36 Å². The van der Waals surface area contributed by atoms with Gasteiger partial charge in [0.2, 0.25) is 0 Å². The second-order valence-electron chi connectivity index (χ2n) is 10.1. The van der Waals surface area contributed by atoms with Crippen LogP contribution < -0.4 is 4.74 Å². The molecule has 0 atom stereocenters. The maximum atomic E-state index is 12.7. The Morgan fingerprint density at radius 2 is 1.05 bits per heavy atom. The zero-order valence-electron chi connectivity index (χ0n) is 22.9. The van der Waals surface area contributed by atoms with Crippen LogP contribution in [0.25, 0.3) is 54.2 Å². The van der Waals surface area contributed by atoms with Crippen molar-refractivity contribution in [1.82, 2.24) is 0 Å². The van der Waals surface area contributed by atoms with Crippen LogP contribution >= 0.6 is 0 Å². The Hall–Kier alpha value is -6.35. The molecule has 0 spiro atoms. The van der Waals surface area contributed by atoms with Crippen LogP contribution in [0.1, 0.15) is 27.8 Å². The van der Waals surface area contributed by atoms with E-state index in [4.69, 9.17) is 13.1 Å². The predicted octanol–water partition coefficient (Wildman–Crippen LogP) is 9.47. The summed E-state index contributed by atoms with van der Waals surface area (Å²) >= 11 is 0. The van der Waals surface area contributed by atoms with Gasteiger partial charge >= 0.3 is 6.36 Å². The Morgan fingerprint density at radius 3 is 1.43 bits per heavy atom. The Morgan fingerprint density at radius 1 is 0.636 bits per heavy atom. The highest BCUT2D eigenvalue weighted by atomic mass is 19.4. The zero-order chi connectivity index (χ0) is 31.2. The first-order valence-electron chi connectivity index (χ1n) is 13.2. The molecule has 5 nitrogen and oxygen atoms in total. The van der Waals surface area contributed by atoms with Gasteiger partial charge < -0.3 is 4.74 Å². The van der Waals surface area contributed by atoms with Crippen molar-refractivity contribution in [3.63, 3.8) is 0 Å². The summed E-state index contributed by atoms with van der Waals surface area (Å²) < 4.78 is 42.0. The standard InChI is InChI=1S/C36H17F3N4O/c1-20-4-6-21(7-5-20)23-10-14-26-28(16-23)32(30(18-40)42-2)35-27-15-11-24(17-29(27)33(34(26)35)31(19-41)43-3)22-8-12-25(13-9-22)44-36(37,38)39/h4-17H,1H3/b32-30+,33-31-. The number of aryl methyl sites for hydroxylation is 1. The lowest BCUT2D eigenvalue weighted by Gasteiger charge is -2.15. The number of halogens is 3. The Labute approximate surface area is 251 Å². The molecule has 8 heteroatoms. The van der Waals surface area contributed by atoms with Crippen LogP contribution in [0.15, 0.2) is 96.3 Å². The van der Waals surface area contributed by atoms with Gasteiger partial charge in [0, 0.05) is 11.1 Å². The molecule has 2 aliphatic rings. The fourth-order valence-electron chi connectivity index (χ4n) is 5.72. The molecule has 0 aromatic heterocycles. The van der Waals surface area contributed by atoms with Crippen molar-refractivity contribution < 1.29 is 17.9 Å². The predicted molar refractivity (Wildman–Crippen MR) is 160 cm³/mol. The normalized spacial score (nSPS) is 15.2. The minimum Gasteiger partial charge on any atom is -0.406 e. The second kappa shape index (κ2) is 10.5. The molecule has 44 heavy (non-hydrogen) atoms. The number of benzene rings is 4. The summed E-state index contributed by atoms with van der Waals surface area (Å²) in [6.07, 6.45) is -4.81. The molecular weight excluding hydrogens is 561 g/mol. The van der Waals surface area contributed by atoms with Crippen LogP contribution in [0.4, 0.5) is 13.2 Å². The molecule has 0 saturated heterocycles. The quantitative estimate of drug-likeness (QED) is 0.180. The number of allylic oxidation sites excluding steroid dienone is 6. The van der Waals surface area contributed by atoms with Crippen LogP contribution in [-0.2, 0) is 0 Å². The van der Waals surface area contributed by atoms with Crippen molar-refractivity contribution in [2.24, 2.45) is 0 Å². The van der Waals surface area contributed by atoms with Crippen molar-refractivity contribution in [2.45, 2.75) is 13.3 Å². The van der Waals surface area contributed by atoms with Crippen molar-refractivity contribution in [2.75, 3.05) is 0 Å². The van der Waals surface area contributed by atoms with Gasteiger partial charge in [-0.2, -0.15) is 0 Å². The van der Waals surface area contributed by atoms with Gasteiger partial charge in [-0.15, -0.1) is 13.2 Å². The van der Waals surface area contributed by atoms with E-state index >= 15 is 0 Å². The van der Waals surface area contributed by atoms with Gasteiger partial charge in [0.15, 0.2) is 0 Å². The Bertz CT molecular complexity index is 2130. The first-order valence-corrected chi connectivity index (χ1v) is 13.2. The molecule has 0 radical (unpaired) electrons. The molecule has 0 fully saturated rings. The molecule has 208 valence electrons.